The van der Waals surface area contributed by atoms with Gasteiger partial charge in [-0.15, -0.1) is 0 Å². The second kappa shape index (κ2) is 4.17. The number of nitroso groups, excluding NO2 is 1. The fourth-order valence-electron chi connectivity index (χ4n) is 1.46. The molecule has 1 aliphatic rings. The molecule has 2 radical (unpaired) electrons. The molecule has 6 heteroatoms. The average molecular weight is 185 g/mol. The first-order chi connectivity index (χ1) is 6.11. The number of aliphatic hydroxyl groups is 2. The average Bonchev–Trinajstić information content (AvgIpc) is 2.13. The highest BCUT2D eigenvalue weighted by atomic mass is 16.5. The van der Waals surface area contributed by atoms with Gasteiger partial charge in [0.05, 0.1) is 20.1 Å². The number of ether oxygens (including phenoxy) is 1. The van der Waals surface area contributed by atoms with Gasteiger partial charge in [0.25, 0.3) is 0 Å². The number of hydrogen-bond donors (Lipinski definition) is 2. The Morgan fingerprint density at radius 1 is 1.46 bits per heavy atom. The summed E-state index contributed by atoms with van der Waals surface area (Å²) in [4.78, 5) is 10.3. The maximum absolute atomic E-state index is 10.3. The lowest BCUT2D eigenvalue weighted by Crippen LogP contribution is -2.55. The van der Waals surface area contributed by atoms with E-state index in [0.29, 0.717) is 0 Å². The fraction of sp³-hybridized carbons (Fsp3) is 1.00. The molecule has 1 saturated heterocycles. The maximum atomic E-state index is 10.3. The van der Waals surface area contributed by atoms with Gasteiger partial charge in [0.2, 0.25) is 0 Å². The number of hydrogen-bond acceptors (Lipinski definition) is 5. The van der Waals surface area contributed by atoms with Crippen molar-refractivity contribution in [2.45, 2.75) is 43.7 Å². The predicted octanol–water partition coefficient (Wildman–Crippen LogP) is -0.783. The van der Waals surface area contributed by atoms with E-state index in [1.54, 1.807) is 6.92 Å². The third kappa shape index (κ3) is 1.90. The van der Waals surface area contributed by atoms with Gasteiger partial charge in [-0.2, -0.15) is 4.91 Å². The Morgan fingerprint density at radius 2 is 2.08 bits per heavy atom. The molecular weight excluding hydrogens is 173 g/mol. The van der Waals surface area contributed by atoms with Crippen molar-refractivity contribution in [3.05, 3.63) is 4.91 Å². The molecular formula is C7H12BNO4. The highest BCUT2D eigenvalue weighted by Gasteiger charge is 2.42. The molecule has 0 spiro atoms. The standard InChI is InChI=1S/C7H12BNO4/c1-3-6(10)7(11)5(9-12)4(2-8)13-3/h3-7,10-11H,2H2,1H3/t3-,4?,5-,6?,7?/m1/s1. The first kappa shape index (κ1) is 10.6. The summed E-state index contributed by atoms with van der Waals surface area (Å²) in [7, 11) is 5.32. The minimum Gasteiger partial charge on any atom is -0.388 e. The van der Waals surface area contributed by atoms with Gasteiger partial charge < -0.3 is 14.9 Å². The van der Waals surface area contributed by atoms with Crippen LogP contribution < -0.4 is 0 Å². The summed E-state index contributed by atoms with van der Waals surface area (Å²) in [6.07, 6.45) is -3.29. The molecule has 1 heterocycles. The van der Waals surface area contributed by atoms with Crippen LogP contribution in [0.2, 0.25) is 6.32 Å². The summed E-state index contributed by atoms with van der Waals surface area (Å²) in [5.41, 5.74) is 0. The van der Waals surface area contributed by atoms with Crippen molar-refractivity contribution in [2.75, 3.05) is 0 Å². The molecule has 0 aromatic rings. The van der Waals surface area contributed by atoms with E-state index in [-0.39, 0.29) is 6.32 Å². The third-order valence-corrected chi connectivity index (χ3v) is 2.31. The lowest BCUT2D eigenvalue weighted by Gasteiger charge is -2.38. The molecule has 0 aromatic heterocycles. The number of aliphatic hydroxyl groups excluding tert-OH is 2. The Morgan fingerprint density at radius 3 is 2.54 bits per heavy atom. The number of nitrogens with zero attached hydrogens (tertiary/aromatic N) is 1. The van der Waals surface area contributed by atoms with Crippen LogP contribution in [-0.2, 0) is 4.74 Å². The first-order valence-electron chi connectivity index (χ1n) is 4.16. The molecule has 1 fully saturated rings. The molecule has 3 unspecified atom stereocenters. The fourth-order valence-corrected chi connectivity index (χ4v) is 1.46. The van der Waals surface area contributed by atoms with E-state index in [0.717, 1.165) is 0 Å². The van der Waals surface area contributed by atoms with Gasteiger partial charge in [0, 0.05) is 0 Å². The van der Waals surface area contributed by atoms with Gasteiger partial charge >= 0.3 is 0 Å². The highest BCUT2D eigenvalue weighted by molar-refractivity contribution is 6.08. The van der Waals surface area contributed by atoms with Crippen molar-refractivity contribution in [3.63, 3.8) is 0 Å². The van der Waals surface area contributed by atoms with Crippen LogP contribution >= 0.6 is 0 Å². The van der Waals surface area contributed by atoms with Gasteiger partial charge in [-0.1, -0.05) is 11.5 Å². The zero-order valence-corrected chi connectivity index (χ0v) is 7.33. The molecule has 5 atom stereocenters. The van der Waals surface area contributed by atoms with E-state index >= 15 is 0 Å². The van der Waals surface area contributed by atoms with E-state index in [1.165, 1.54) is 0 Å². The zero-order valence-electron chi connectivity index (χ0n) is 7.33. The van der Waals surface area contributed by atoms with Gasteiger partial charge in [-0.25, -0.2) is 0 Å². The lowest BCUT2D eigenvalue weighted by atomic mass is 9.86. The van der Waals surface area contributed by atoms with E-state index in [2.05, 4.69) is 5.18 Å². The molecule has 72 valence electrons. The summed E-state index contributed by atoms with van der Waals surface area (Å²) >= 11 is 0. The van der Waals surface area contributed by atoms with Crippen LogP contribution in [0.4, 0.5) is 0 Å². The normalized spacial score (nSPS) is 45.9. The Hall–Kier alpha value is -0.455. The Balaban J connectivity index is 2.74. The zero-order chi connectivity index (χ0) is 10.0. The van der Waals surface area contributed by atoms with Crippen LogP contribution in [0.5, 0.6) is 0 Å². The van der Waals surface area contributed by atoms with Gasteiger partial charge in [0.1, 0.15) is 18.2 Å². The topological polar surface area (TPSA) is 79.1 Å². The Kier molecular flexibility index (Phi) is 3.41. The SMILES string of the molecule is [B]CC1O[C@H](C)C(O)C(O)[C@@H]1N=O. The second-order valence-corrected chi connectivity index (χ2v) is 3.19. The second-order valence-electron chi connectivity index (χ2n) is 3.19. The van der Waals surface area contributed by atoms with E-state index in [9.17, 15) is 15.1 Å². The third-order valence-electron chi connectivity index (χ3n) is 2.31. The summed E-state index contributed by atoms with van der Waals surface area (Å²) in [6.45, 7) is 1.61. The molecule has 1 aliphatic heterocycles. The molecule has 2 N–H and O–H groups in total. The molecule has 0 saturated carbocycles. The summed E-state index contributed by atoms with van der Waals surface area (Å²) in [5.74, 6) is 0. The number of rotatable bonds is 2. The minimum atomic E-state index is -1.19. The van der Waals surface area contributed by atoms with Crippen LogP contribution in [0.25, 0.3) is 0 Å². The monoisotopic (exact) mass is 185 g/mol. The van der Waals surface area contributed by atoms with Gasteiger partial charge in [-0.3, -0.25) is 0 Å². The van der Waals surface area contributed by atoms with Crippen LogP contribution in [0.1, 0.15) is 6.92 Å². The molecule has 0 bridgehead atoms. The maximum Gasteiger partial charge on any atom is 0.146 e. The molecule has 0 amide bonds. The van der Waals surface area contributed by atoms with Gasteiger partial charge in [-0.05, 0) is 6.92 Å². The van der Waals surface area contributed by atoms with Crippen molar-refractivity contribution < 1.29 is 14.9 Å². The molecule has 5 nitrogen and oxygen atoms in total. The van der Waals surface area contributed by atoms with E-state index < -0.39 is 30.5 Å². The van der Waals surface area contributed by atoms with Crippen molar-refractivity contribution >= 4 is 7.85 Å². The van der Waals surface area contributed by atoms with Crippen LogP contribution in [-0.4, -0.2) is 48.5 Å². The summed E-state index contributed by atoms with van der Waals surface area (Å²) < 4.78 is 5.19. The Labute approximate surface area is 77.5 Å². The summed E-state index contributed by atoms with van der Waals surface area (Å²) in [6, 6.07) is -0.976. The van der Waals surface area contributed by atoms with E-state index in [1.807, 2.05) is 0 Å². The molecule has 0 aromatic carbocycles. The van der Waals surface area contributed by atoms with Crippen molar-refractivity contribution in [3.8, 4) is 0 Å². The smallest absolute Gasteiger partial charge is 0.146 e. The van der Waals surface area contributed by atoms with E-state index in [4.69, 9.17) is 12.6 Å². The molecule has 13 heavy (non-hydrogen) atoms. The van der Waals surface area contributed by atoms with Gasteiger partial charge in [0.15, 0.2) is 0 Å². The van der Waals surface area contributed by atoms with Crippen LogP contribution in [0, 0.1) is 4.91 Å². The highest BCUT2D eigenvalue weighted by Crippen LogP contribution is 2.24. The Bertz CT molecular complexity index is 189. The lowest BCUT2D eigenvalue weighted by molar-refractivity contribution is -0.166. The largest absolute Gasteiger partial charge is 0.388 e. The molecule has 0 aliphatic carbocycles. The van der Waals surface area contributed by atoms with Crippen molar-refractivity contribution in [1.29, 1.82) is 0 Å². The minimum absolute atomic E-state index is 0.102. The predicted molar refractivity (Wildman–Crippen MR) is 46.5 cm³/mol. The molecule has 1 rings (SSSR count). The quantitative estimate of drug-likeness (QED) is 0.436. The van der Waals surface area contributed by atoms with Crippen LogP contribution in [0.15, 0.2) is 5.18 Å². The van der Waals surface area contributed by atoms with Crippen LogP contribution in [0.3, 0.4) is 0 Å². The van der Waals surface area contributed by atoms with Crippen molar-refractivity contribution in [1.82, 2.24) is 0 Å². The van der Waals surface area contributed by atoms with Crippen molar-refractivity contribution in [2.24, 2.45) is 5.18 Å². The first-order valence-corrected chi connectivity index (χ1v) is 4.16. The summed E-state index contributed by atoms with van der Waals surface area (Å²) in [5, 5.41) is 21.5.